The standard InChI is InChI=1S/C30H28N2O4S3/c1-19-9-5-8-12-26(19)39(34,35)32-28(33)22-10-6-7-11-25(22)37-17-20-13-14-23-21(15-20)16-24(36-23)29-31-27(18-38-29)30(2,3)4/h5-16,18H,17H2,1-4H3,(H,32,33). The molecule has 0 saturated heterocycles. The molecule has 5 aromatic rings. The van der Waals surface area contributed by atoms with E-state index in [4.69, 9.17) is 9.40 Å². The van der Waals surface area contributed by atoms with Crippen molar-refractivity contribution in [3.8, 4) is 10.8 Å². The van der Waals surface area contributed by atoms with Crippen LogP contribution in [0.5, 0.6) is 0 Å². The summed E-state index contributed by atoms with van der Waals surface area (Å²) in [6, 6.07) is 21.6. The normalized spacial score (nSPS) is 12.1. The molecule has 200 valence electrons. The van der Waals surface area contributed by atoms with Crippen LogP contribution in [-0.4, -0.2) is 19.3 Å². The fraction of sp³-hybridized carbons (Fsp3) is 0.200. The summed E-state index contributed by atoms with van der Waals surface area (Å²) in [6.07, 6.45) is 0. The predicted molar refractivity (Wildman–Crippen MR) is 158 cm³/mol. The molecule has 0 spiro atoms. The SMILES string of the molecule is Cc1ccccc1S(=O)(=O)NC(=O)c1ccccc1SCc1ccc2oc(-c3nc(C(C)(C)C)cs3)cc2c1. The van der Waals surface area contributed by atoms with E-state index >= 15 is 0 Å². The minimum Gasteiger partial charge on any atom is -0.454 e. The van der Waals surface area contributed by atoms with E-state index in [1.165, 1.54) is 17.8 Å². The number of hydrogen-bond acceptors (Lipinski definition) is 7. The monoisotopic (exact) mass is 576 g/mol. The molecule has 0 aliphatic heterocycles. The van der Waals surface area contributed by atoms with Gasteiger partial charge in [-0.15, -0.1) is 23.1 Å². The smallest absolute Gasteiger partial charge is 0.266 e. The van der Waals surface area contributed by atoms with Gasteiger partial charge in [0.25, 0.3) is 15.9 Å². The number of furan rings is 1. The van der Waals surface area contributed by atoms with Crippen LogP contribution in [0.15, 0.2) is 92.4 Å². The molecular formula is C30H28N2O4S3. The average Bonchev–Trinajstić information content (AvgIpc) is 3.55. The van der Waals surface area contributed by atoms with Crippen molar-refractivity contribution >= 4 is 50.0 Å². The van der Waals surface area contributed by atoms with Crippen LogP contribution in [0.25, 0.3) is 21.7 Å². The molecule has 1 amide bonds. The summed E-state index contributed by atoms with van der Waals surface area (Å²) >= 11 is 3.05. The zero-order chi connectivity index (χ0) is 27.8. The molecule has 0 unspecified atom stereocenters. The van der Waals surface area contributed by atoms with Crippen LogP contribution >= 0.6 is 23.1 Å². The van der Waals surface area contributed by atoms with Crippen molar-refractivity contribution in [2.24, 2.45) is 0 Å². The number of hydrogen-bond donors (Lipinski definition) is 1. The van der Waals surface area contributed by atoms with Gasteiger partial charge in [0, 0.05) is 26.8 Å². The van der Waals surface area contributed by atoms with Crippen molar-refractivity contribution in [2.45, 2.75) is 48.7 Å². The Kier molecular flexibility index (Phi) is 7.41. The molecule has 0 atom stereocenters. The lowest BCUT2D eigenvalue weighted by Gasteiger charge is -2.13. The fourth-order valence-electron chi connectivity index (χ4n) is 4.05. The van der Waals surface area contributed by atoms with Gasteiger partial charge >= 0.3 is 0 Å². The average molecular weight is 577 g/mol. The zero-order valence-electron chi connectivity index (χ0n) is 22.0. The van der Waals surface area contributed by atoms with E-state index in [1.807, 2.05) is 30.3 Å². The fourth-order valence-corrected chi connectivity index (χ4v) is 7.25. The van der Waals surface area contributed by atoms with Crippen molar-refractivity contribution in [1.82, 2.24) is 9.71 Å². The van der Waals surface area contributed by atoms with Gasteiger partial charge in [-0.05, 0) is 54.4 Å². The largest absolute Gasteiger partial charge is 0.454 e. The second-order valence-corrected chi connectivity index (χ2v) is 13.8. The molecule has 2 heterocycles. The van der Waals surface area contributed by atoms with Crippen molar-refractivity contribution in [1.29, 1.82) is 0 Å². The van der Waals surface area contributed by atoms with Crippen LogP contribution in [0.4, 0.5) is 0 Å². The molecule has 0 bridgehead atoms. The minimum atomic E-state index is -4.00. The van der Waals surface area contributed by atoms with Crippen LogP contribution in [0.2, 0.25) is 0 Å². The number of amides is 1. The molecule has 3 aromatic carbocycles. The van der Waals surface area contributed by atoms with E-state index in [1.54, 1.807) is 48.6 Å². The van der Waals surface area contributed by atoms with Crippen LogP contribution in [0.1, 0.15) is 48.0 Å². The maximum Gasteiger partial charge on any atom is 0.266 e. The number of benzene rings is 3. The molecule has 0 aliphatic carbocycles. The van der Waals surface area contributed by atoms with E-state index in [0.29, 0.717) is 21.8 Å². The van der Waals surface area contributed by atoms with Gasteiger partial charge in [-0.1, -0.05) is 57.2 Å². The Labute approximate surface area is 236 Å². The molecular weight excluding hydrogens is 549 g/mol. The lowest BCUT2D eigenvalue weighted by Crippen LogP contribution is -2.31. The number of fused-ring (bicyclic) bond motifs is 1. The summed E-state index contributed by atoms with van der Waals surface area (Å²) in [7, 11) is -4.00. The van der Waals surface area contributed by atoms with Crippen LogP contribution in [-0.2, 0) is 21.2 Å². The lowest BCUT2D eigenvalue weighted by atomic mass is 9.93. The number of aryl methyl sites for hydroxylation is 1. The van der Waals surface area contributed by atoms with E-state index in [0.717, 1.165) is 33.0 Å². The Morgan fingerprint density at radius 1 is 1.03 bits per heavy atom. The van der Waals surface area contributed by atoms with Gasteiger partial charge in [0.15, 0.2) is 10.8 Å². The molecule has 0 radical (unpaired) electrons. The predicted octanol–water partition coefficient (Wildman–Crippen LogP) is 7.57. The zero-order valence-corrected chi connectivity index (χ0v) is 24.5. The summed E-state index contributed by atoms with van der Waals surface area (Å²) in [6.45, 7) is 8.11. The first kappa shape index (κ1) is 27.2. The number of thiazole rings is 1. The third-order valence-corrected chi connectivity index (χ3v) is 9.69. The molecule has 0 aliphatic rings. The number of carbonyl (C=O) groups excluding carboxylic acids is 1. The summed E-state index contributed by atoms with van der Waals surface area (Å²) in [5, 5.41) is 3.91. The van der Waals surface area contributed by atoms with Crippen LogP contribution < -0.4 is 4.72 Å². The van der Waals surface area contributed by atoms with Crippen LogP contribution in [0.3, 0.4) is 0 Å². The van der Waals surface area contributed by atoms with Crippen LogP contribution in [0, 0.1) is 6.92 Å². The van der Waals surface area contributed by atoms with E-state index in [2.05, 4.69) is 36.9 Å². The second-order valence-electron chi connectivity index (χ2n) is 10.3. The highest BCUT2D eigenvalue weighted by molar-refractivity contribution is 7.98. The number of rotatable bonds is 7. The maximum atomic E-state index is 13.0. The van der Waals surface area contributed by atoms with Gasteiger partial charge < -0.3 is 4.42 Å². The van der Waals surface area contributed by atoms with Crippen molar-refractivity contribution in [3.63, 3.8) is 0 Å². The number of sulfonamides is 1. The molecule has 0 fully saturated rings. The Balaban J connectivity index is 1.32. The van der Waals surface area contributed by atoms with Crippen molar-refractivity contribution in [3.05, 3.63) is 101 Å². The van der Waals surface area contributed by atoms with E-state index < -0.39 is 15.9 Å². The summed E-state index contributed by atoms with van der Waals surface area (Å²) in [5.74, 6) is 0.679. The number of carbonyl (C=O) groups is 1. The first-order valence-electron chi connectivity index (χ1n) is 12.3. The molecule has 5 rings (SSSR count). The van der Waals surface area contributed by atoms with E-state index in [-0.39, 0.29) is 10.3 Å². The first-order valence-corrected chi connectivity index (χ1v) is 15.7. The molecule has 2 aromatic heterocycles. The van der Waals surface area contributed by atoms with Gasteiger partial charge in [0.2, 0.25) is 0 Å². The number of aromatic nitrogens is 1. The minimum absolute atomic E-state index is 0.0248. The number of nitrogens with zero attached hydrogens (tertiary/aromatic N) is 1. The molecule has 0 saturated carbocycles. The summed E-state index contributed by atoms with van der Waals surface area (Å²) in [5.41, 5.74) is 3.73. The molecule has 1 N–H and O–H groups in total. The number of nitrogens with one attached hydrogen (secondary N) is 1. The molecule has 6 nitrogen and oxygen atoms in total. The quantitative estimate of drug-likeness (QED) is 0.201. The molecule has 39 heavy (non-hydrogen) atoms. The molecule has 9 heteroatoms. The first-order chi connectivity index (χ1) is 18.5. The summed E-state index contributed by atoms with van der Waals surface area (Å²) < 4.78 is 34.0. The third-order valence-electron chi connectivity index (χ3n) is 6.20. The highest BCUT2D eigenvalue weighted by atomic mass is 32.2. The van der Waals surface area contributed by atoms with Gasteiger partial charge in [-0.25, -0.2) is 18.1 Å². The number of thioether (sulfide) groups is 1. The highest BCUT2D eigenvalue weighted by Crippen LogP contribution is 2.34. The van der Waals surface area contributed by atoms with Gasteiger partial charge in [-0.2, -0.15) is 0 Å². The third kappa shape index (κ3) is 5.95. The second kappa shape index (κ2) is 10.6. The maximum absolute atomic E-state index is 13.0. The highest BCUT2D eigenvalue weighted by Gasteiger charge is 2.22. The van der Waals surface area contributed by atoms with E-state index in [9.17, 15) is 13.2 Å². The Hall–Kier alpha value is -3.40. The van der Waals surface area contributed by atoms with Gasteiger partial charge in [0.05, 0.1) is 16.2 Å². The Morgan fingerprint density at radius 3 is 2.51 bits per heavy atom. The lowest BCUT2D eigenvalue weighted by molar-refractivity contribution is 0.0978. The Bertz CT molecular complexity index is 1780. The van der Waals surface area contributed by atoms with Crippen molar-refractivity contribution < 1.29 is 17.6 Å². The van der Waals surface area contributed by atoms with Gasteiger partial charge in [-0.3, -0.25) is 4.79 Å². The summed E-state index contributed by atoms with van der Waals surface area (Å²) in [4.78, 5) is 18.6. The van der Waals surface area contributed by atoms with Gasteiger partial charge in [0.1, 0.15) is 5.58 Å². The topological polar surface area (TPSA) is 89.3 Å². The van der Waals surface area contributed by atoms with Crippen molar-refractivity contribution in [2.75, 3.05) is 0 Å². The Morgan fingerprint density at radius 2 is 1.77 bits per heavy atom.